The fourth-order valence-corrected chi connectivity index (χ4v) is 1.95. The van der Waals surface area contributed by atoms with E-state index in [1.807, 2.05) is 0 Å². The second-order valence-corrected chi connectivity index (χ2v) is 5.20. The molecule has 0 aliphatic rings. The molecule has 0 saturated carbocycles. The summed E-state index contributed by atoms with van der Waals surface area (Å²) in [4.78, 5) is 22.3. The minimum Gasteiger partial charge on any atom is -0.481 e. The molecule has 20 heavy (non-hydrogen) atoms. The molecule has 2 N–H and O–H groups in total. The van der Waals surface area contributed by atoms with Crippen molar-refractivity contribution in [3.8, 4) is 0 Å². The second kappa shape index (κ2) is 7.03. The highest BCUT2D eigenvalue weighted by atomic mass is 19.1. The van der Waals surface area contributed by atoms with Crippen molar-refractivity contribution in [1.82, 2.24) is 5.32 Å². The van der Waals surface area contributed by atoms with Crippen LogP contribution in [0.1, 0.15) is 43.9 Å². The predicted octanol–water partition coefficient (Wildman–Crippen LogP) is 2.81. The highest BCUT2D eigenvalue weighted by molar-refractivity contribution is 5.77. The molecule has 0 radical (unpaired) electrons. The summed E-state index contributed by atoms with van der Waals surface area (Å²) in [5.41, 5.74) is 1.25. The average Bonchev–Trinajstić information content (AvgIpc) is 2.30. The molecule has 110 valence electrons. The number of hydrogen-bond acceptors (Lipinski definition) is 2. The fraction of sp³-hybridized carbons (Fsp3) is 0.467. The highest BCUT2D eigenvalue weighted by Crippen LogP contribution is 2.17. The molecule has 5 heteroatoms. The third-order valence-electron chi connectivity index (χ3n) is 3.13. The van der Waals surface area contributed by atoms with E-state index < -0.39 is 5.97 Å². The summed E-state index contributed by atoms with van der Waals surface area (Å²) >= 11 is 0. The molecule has 0 heterocycles. The number of carboxylic acids is 1. The lowest BCUT2D eigenvalue weighted by atomic mass is 10.0. The van der Waals surface area contributed by atoms with Crippen molar-refractivity contribution in [2.24, 2.45) is 5.92 Å². The van der Waals surface area contributed by atoms with Crippen LogP contribution in [0.3, 0.4) is 0 Å². The monoisotopic (exact) mass is 281 g/mol. The van der Waals surface area contributed by atoms with Gasteiger partial charge >= 0.3 is 5.97 Å². The molecule has 0 aliphatic heterocycles. The number of benzene rings is 1. The van der Waals surface area contributed by atoms with Crippen molar-refractivity contribution in [1.29, 1.82) is 0 Å². The van der Waals surface area contributed by atoms with Crippen molar-refractivity contribution in [2.75, 3.05) is 0 Å². The van der Waals surface area contributed by atoms with Crippen molar-refractivity contribution in [3.05, 3.63) is 35.1 Å². The number of nitrogens with one attached hydrogen (secondary N) is 1. The number of carbonyl (C=O) groups is 2. The van der Waals surface area contributed by atoms with Gasteiger partial charge < -0.3 is 10.4 Å². The first kappa shape index (κ1) is 16.1. The minimum atomic E-state index is -0.918. The fourth-order valence-electron chi connectivity index (χ4n) is 1.95. The maximum Gasteiger partial charge on any atom is 0.303 e. The minimum absolute atomic E-state index is 0.0407. The highest BCUT2D eigenvalue weighted by Gasteiger charge is 2.15. The van der Waals surface area contributed by atoms with Crippen LogP contribution >= 0.6 is 0 Å². The Morgan fingerprint density at radius 1 is 1.30 bits per heavy atom. The van der Waals surface area contributed by atoms with Gasteiger partial charge in [0.05, 0.1) is 6.04 Å². The van der Waals surface area contributed by atoms with E-state index in [1.54, 1.807) is 32.9 Å². The number of halogens is 1. The standard InChI is InChI=1S/C15H20FNO3/c1-9(7-15(19)20)6-14(18)17-11(3)12-5-4-10(2)13(16)8-12/h4-5,8-9,11H,6-7H2,1-3H3,(H,17,18)(H,19,20). The Balaban J connectivity index is 2.56. The molecule has 0 bridgehead atoms. The van der Waals surface area contributed by atoms with Gasteiger partial charge in [0.1, 0.15) is 5.82 Å². The summed E-state index contributed by atoms with van der Waals surface area (Å²) in [5.74, 6) is -1.68. The number of aliphatic carboxylic acids is 1. The van der Waals surface area contributed by atoms with E-state index in [-0.39, 0.29) is 36.5 Å². The number of amides is 1. The van der Waals surface area contributed by atoms with Gasteiger partial charge in [0.2, 0.25) is 5.91 Å². The van der Waals surface area contributed by atoms with Crippen LogP contribution in [0.4, 0.5) is 4.39 Å². The largest absolute Gasteiger partial charge is 0.481 e. The summed E-state index contributed by atoms with van der Waals surface area (Å²) in [6.45, 7) is 5.16. The number of carboxylic acid groups (broad SMARTS) is 1. The molecule has 0 fully saturated rings. The molecule has 0 spiro atoms. The van der Waals surface area contributed by atoms with Gasteiger partial charge in [-0.15, -0.1) is 0 Å². The topological polar surface area (TPSA) is 66.4 Å². The molecule has 0 saturated heterocycles. The molecule has 0 aliphatic carbocycles. The Morgan fingerprint density at radius 2 is 1.95 bits per heavy atom. The number of hydrogen-bond donors (Lipinski definition) is 2. The second-order valence-electron chi connectivity index (χ2n) is 5.20. The van der Waals surface area contributed by atoms with Crippen LogP contribution in [-0.2, 0) is 9.59 Å². The lowest BCUT2D eigenvalue weighted by Gasteiger charge is -2.16. The summed E-state index contributed by atoms with van der Waals surface area (Å²) in [6, 6.07) is 4.53. The first-order chi connectivity index (χ1) is 9.29. The van der Waals surface area contributed by atoms with Gasteiger partial charge in [0.15, 0.2) is 0 Å². The summed E-state index contributed by atoms with van der Waals surface area (Å²) in [7, 11) is 0. The Morgan fingerprint density at radius 3 is 2.50 bits per heavy atom. The van der Waals surface area contributed by atoms with Crippen molar-refractivity contribution >= 4 is 11.9 Å². The van der Waals surface area contributed by atoms with Gasteiger partial charge in [-0.2, -0.15) is 0 Å². The zero-order valence-corrected chi connectivity index (χ0v) is 11.9. The number of aryl methyl sites for hydroxylation is 1. The SMILES string of the molecule is Cc1ccc(C(C)NC(=O)CC(C)CC(=O)O)cc1F. The molecule has 2 atom stereocenters. The number of rotatable bonds is 6. The van der Waals surface area contributed by atoms with Gasteiger partial charge in [0, 0.05) is 12.8 Å². The van der Waals surface area contributed by atoms with Crippen LogP contribution in [-0.4, -0.2) is 17.0 Å². The van der Waals surface area contributed by atoms with Crippen LogP contribution in [0.25, 0.3) is 0 Å². The van der Waals surface area contributed by atoms with E-state index in [0.29, 0.717) is 11.1 Å². The Labute approximate surface area is 118 Å². The van der Waals surface area contributed by atoms with Crippen molar-refractivity contribution in [3.63, 3.8) is 0 Å². The van der Waals surface area contributed by atoms with Crippen LogP contribution in [0.5, 0.6) is 0 Å². The quantitative estimate of drug-likeness (QED) is 0.842. The van der Waals surface area contributed by atoms with E-state index in [1.165, 1.54) is 6.07 Å². The molecular formula is C15H20FNO3. The third kappa shape index (κ3) is 4.99. The van der Waals surface area contributed by atoms with E-state index in [2.05, 4.69) is 5.32 Å². The van der Waals surface area contributed by atoms with E-state index in [4.69, 9.17) is 5.11 Å². The third-order valence-corrected chi connectivity index (χ3v) is 3.13. The van der Waals surface area contributed by atoms with E-state index in [9.17, 15) is 14.0 Å². The number of carbonyl (C=O) groups excluding carboxylic acids is 1. The lowest BCUT2D eigenvalue weighted by molar-refractivity contribution is -0.138. The first-order valence-electron chi connectivity index (χ1n) is 6.56. The maximum absolute atomic E-state index is 13.5. The first-order valence-corrected chi connectivity index (χ1v) is 6.56. The predicted molar refractivity (Wildman–Crippen MR) is 73.7 cm³/mol. The van der Waals surface area contributed by atoms with Crippen molar-refractivity contribution < 1.29 is 19.1 Å². The Bertz CT molecular complexity index is 502. The zero-order valence-electron chi connectivity index (χ0n) is 11.9. The molecular weight excluding hydrogens is 261 g/mol. The van der Waals surface area contributed by atoms with Crippen LogP contribution in [0.2, 0.25) is 0 Å². The summed E-state index contributed by atoms with van der Waals surface area (Å²) < 4.78 is 13.5. The van der Waals surface area contributed by atoms with E-state index >= 15 is 0 Å². The van der Waals surface area contributed by atoms with Crippen LogP contribution < -0.4 is 5.32 Å². The molecule has 1 aromatic rings. The maximum atomic E-state index is 13.5. The summed E-state index contributed by atoms with van der Waals surface area (Å²) in [6.07, 6.45) is 0.103. The normalized spacial score (nSPS) is 13.6. The van der Waals surface area contributed by atoms with Gasteiger partial charge in [-0.3, -0.25) is 9.59 Å². The smallest absolute Gasteiger partial charge is 0.303 e. The van der Waals surface area contributed by atoms with Gasteiger partial charge in [-0.05, 0) is 37.0 Å². The van der Waals surface area contributed by atoms with Crippen LogP contribution in [0, 0.1) is 18.7 Å². The molecule has 1 rings (SSSR count). The molecule has 1 aromatic carbocycles. The summed E-state index contributed by atoms with van der Waals surface area (Å²) in [5, 5.41) is 11.4. The lowest BCUT2D eigenvalue weighted by Crippen LogP contribution is -2.28. The molecule has 2 unspecified atom stereocenters. The van der Waals surface area contributed by atoms with E-state index in [0.717, 1.165) is 0 Å². The average molecular weight is 281 g/mol. The molecule has 0 aromatic heterocycles. The van der Waals surface area contributed by atoms with Crippen molar-refractivity contribution in [2.45, 2.75) is 39.7 Å². The molecule has 4 nitrogen and oxygen atoms in total. The van der Waals surface area contributed by atoms with Crippen LogP contribution in [0.15, 0.2) is 18.2 Å². The van der Waals surface area contributed by atoms with Gasteiger partial charge in [0.25, 0.3) is 0 Å². The van der Waals surface area contributed by atoms with Gasteiger partial charge in [-0.1, -0.05) is 19.1 Å². The van der Waals surface area contributed by atoms with Gasteiger partial charge in [-0.25, -0.2) is 4.39 Å². The molecule has 1 amide bonds. The zero-order chi connectivity index (χ0) is 15.3. The Hall–Kier alpha value is -1.91. The Kier molecular flexibility index (Phi) is 5.67.